The molecule has 9 nitrogen and oxygen atoms in total. The van der Waals surface area contributed by atoms with Crippen molar-refractivity contribution in [1.29, 1.82) is 5.26 Å². The molecule has 2 aromatic carbocycles. The number of anilines is 1. The zero-order valence-corrected chi connectivity index (χ0v) is 20.5. The first-order valence-corrected chi connectivity index (χ1v) is 12.0. The van der Waals surface area contributed by atoms with Crippen LogP contribution in [0.4, 0.5) is 19.0 Å². The first-order chi connectivity index (χ1) is 18.3. The Labute approximate surface area is 215 Å². The van der Waals surface area contributed by atoms with Crippen LogP contribution in [0.5, 0.6) is 0 Å². The Hall–Kier alpha value is -4.50. The summed E-state index contributed by atoms with van der Waals surface area (Å²) in [6, 6.07) is 10.8. The maximum absolute atomic E-state index is 14.7. The van der Waals surface area contributed by atoms with Crippen LogP contribution >= 0.6 is 0 Å². The van der Waals surface area contributed by atoms with Gasteiger partial charge in [-0.05, 0) is 31.3 Å². The van der Waals surface area contributed by atoms with E-state index in [4.69, 9.17) is 4.98 Å². The van der Waals surface area contributed by atoms with Gasteiger partial charge in [-0.1, -0.05) is 17.3 Å². The number of hydrogen-bond acceptors (Lipinski definition) is 7. The molecule has 0 radical (unpaired) electrons. The molecule has 0 amide bonds. The van der Waals surface area contributed by atoms with Gasteiger partial charge in [-0.25, -0.2) is 27.8 Å². The summed E-state index contributed by atoms with van der Waals surface area (Å²) in [5.74, 6) is -3.05. The van der Waals surface area contributed by atoms with E-state index in [2.05, 4.69) is 20.6 Å². The molecule has 192 valence electrons. The number of aryl methyl sites for hydroxylation is 1. The molecule has 1 aliphatic heterocycles. The smallest absolute Gasteiger partial charge is 0.266 e. The van der Waals surface area contributed by atoms with Crippen molar-refractivity contribution in [2.75, 3.05) is 25.0 Å². The molecule has 0 spiro atoms. The molecule has 1 saturated heterocycles. The standard InChI is InChI=1S/C26H22F3N9/c1-31-21-14-37(9-7-26(21,28)29)24-25-33-22(15-3-4-17(13-30)18(27)11-15)23(38(25)10-8-32-24)16-5-6-20-19(12-16)34-35-36(20)2/h3-6,8,10-12,21,31H,7,9,14H2,1-2H3/t21-/m0/s1. The van der Waals surface area contributed by atoms with Crippen molar-refractivity contribution in [3.05, 3.63) is 60.2 Å². The number of imidazole rings is 1. The highest BCUT2D eigenvalue weighted by molar-refractivity contribution is 5.89. The van der Waals surface area contributed by atoms with Gasteiger partial charge in [-0.3, -0.25) is 4.40 Å². The number of piperidine rings is 1. The summed E-state index contributed by atoms with van der Waals surface area (Å²) in [4.78, 5) is 11.2. The van der Waals surface area contributed by atoms with Crippen molar-refractivity contribution in [2.45, 2.75) is 18.4 Å². The van der Waals surface area contributed by atoms with Gasteiger partial charge in [0.25, 0.3) is 5.92 Å². The average Bonchev–Trinajstić information content (AvgIpc) is 3.49. The van der Waals surface area contributed by atoms with E-state index in [1.54, 1.807) is 35.1 Å². The van der Waals surface area contributed by atoms with E-state index in [9.17, 15) is 18.4 Å². The number of nitrogens with zero attached hydrogens (tertiary/aromatic N) is 8. The highest BCUT2D eigenvalue weighted by Crippen LogP contribution is 2.38. The SMILES string of the molecule is CN[C@H]1CN(c2nccn3c(-c4ccc5c(c4)nnn5C)c(-c4ccc(C#N)c(F)c4)nc23)CCC1(F)F. The predicted molar refractivity (Wildman–Crippen MR) is 135 cm³/mol. The number of nitrogens with one attached hydrogen (secondary N) is 1. The van der Waals surface area contributed by atoms with Crippen molar-refractivity contribution in [2.24, 2.45) is 7.05 Å². The van der Waals surface area contributed by atoms with Gasteiger partial charge >= 0.3 is 0 Å². The number of nitriles is 1. The van der Waals surface area contributed by atoms with Crippen LogP contribution in [0.1, 0.15) is 12.0 Å². The number of hydrogen-bond donors (Lipinski definition) is 1. The molecule has 1 atom stereocenters. The molecule has 12 heteroatoms. The number of rotatable bonds is 4. The Morgan fingerprint density at radius 2 is 1.97 bits per heavy atom. The molecule has 0 unspecified atom stereocenters. The quantitative estimate of drug-likeness (QED) is 0.387. The maximum Gasteiger partial charge on any atom is 0.266 e. The molecular weight excluding hydrogens is 495 g/mol. The van der Waals surface area contributed by atoms with Crippen LogP contribution in [0.3, 0.4) is 0 Å². The van der Waals surface area contributed by atoms with Crippen molar-refractivity contribution in [3.8, 4) is 28.6 Å². The fourth-order valence-electron chi connectivity index (χ4n) is 5.00. The second-order valence-corrected chi connectivity index (χ2v) is 9.27. The number of fused-ring (bicyclic) bond motifs is 2. The van der Waals surface area contributed by atoms with E-state index in [0.717, 1.165) is 11.1 Å². The van der Waals surface area contributed by atoms with E-state index in [0.29, 0.717) is 33.9 Å². The molecule has 1 N–H and O–H groups in total. The molecular formula is C26H22F3N9. The van der Waals surface area contributed by atoms with Crippen LogP contribution in [0.15, 0.2) is 48.8 Å². The number of benzene rings is 2. The van der Waals surface area contributed by atoms with Gasteiger partial charge in [-0.2, -0.15) is 5.26 Å². The monoisotopic (exact) mass is 517 g/mol. The molecule has 38 heavy (non-hydrogen) atoms. The van der Waals surface area contributed by atoms with Crippen LogP contribution in [0.25, 0.3) is 39.2 Å². The summed E-state index contributed by atoms with van der Waals surface area (Å²) in [6.45, 7) is 0.150. The molecule has 0 aliphatic carbocycles. The molecule has 0 saturated carbocycles. The zero-order valence-electron chi connectivity index (χ0n) is 20.5. The summed E-state index contributed by atoms with van der Waals surface area (Å²) in [5.41, 5.74) is 4.19. The van der Waals surface area contributed by atoms with Crippen molar-refractivity contribution in [1.82, 2.24) is 34.7 Å². The van der Waals surface area contributed by atoms with Crippen LogP contribution in [0, 0.1) is 17.1 Å². The van der Waals surface area contributed by atoms with Crippen molar-refractivity contribution >= 4 is 22.5 Å². The van der Waals surface area contributed by atoms with Gasteiger partial charge < -0.3 is 10.2 Å². The lowest BCUT2D eigenvalue weighted by Crippen LogP contribution is -2.56. The van der Waals surface area contributed by atoms with Gasteiger partial charge in [0.05, 0.1) is 28.5 Å². The zero-order chi connectivity index (χ0) is 26.6. The van der Waals surface area contributed by atoms with E-state index in [1.807, 2.05) is 28.7 Å². The van der Waals surface area contributed by atoms with Crippen LogP contribution in [-0.4, -0.2) is 61.5 Å². The van der Waals surface area contributed by atoms with Gasteiger partial charge in [0, 0.05) is 50.1 Å². The van der Waals surface area contributed by atoms with E-state index >= 15 is 0 Å². The van der Waals surface area contributed by atoms with E-state index < -0.39 is 17.8 Å². The second-order valence-electron chi connectivity index (χ2n) is 9.27. The summed E-state index contributed by atoms with van der Waals surface area (Å²) >= 11 is 0. The molecule has 5 aromatic rings. The van der Waals surface area contributed by atoms with Gasteiger partial charge in [0.1, 0.15) is 17.4 Å². The molecule has 6 rings (SSSR count). The number of likely N-dealkylation sites (N-methyl/N-ethyl adjacent to an activating group) is 1. The number of alkyl halides is 2. The lowest BCUT2D eigenvalue weighted by Gasteiger charge is -2.38. The third-order valence-electron chi connectivity index (χ3n) is 7.05. The molecule has 0 bridgehead atoms. The van der Waals surface area contributed by atoms with Crippen LogP contribution in [0.2, 0.25) is 0 Å². The number of halogens is 3. The first kappa shape index (κ1) is 23.9. The molecule has 4 heterocycles. The number of aromatic nitrogens is 6. The Morgan fingerprint density at radius 3 is 2.74 bits per heavy atom. The fourth-order valence-corrected chi connectivity index (χ4v) is 5.00. The predicted octanol–water partition coefficient (Wildman–Crippen LogP) is 3.79. The minimum Gasteiger partial charge on any atom is -0.352 e. The van der Waals surface area contributed by atoms with Gasteiger partial charge in [-0.15, -0.1) is 5.10 Å². The lowest BCUT2D eigenvalue weighted by molar-refractivity contribution is -0.0489. The summed E-state index contributed by atoms with van der Waals surface area (Å²) in [6.07, 6.45) is 3.00. The van der Waals surface area contributed by atoms with Crippen LogP contribution < -0.4 is 10.2 Å². The maximum atomic E-state index is 14.7. The highest BCUT2D eigenvalue weighted by atomic mass is 19.3. The second kappa shape index (κ2) is 8.81. The van der Waals surface area contributed by atoms with Crippen molar-refractivity contribution < 1.29 is 13.2 Å². The third kappa shape index (κ3) is 3.74. The molecule has 1 fully saturated rings. The van der Waals surface area contributed by atoms with Crippen molar-refractivity contribution in [3.63, 3.8) is 0 Å². The summed E-state index contributed by atoms with van der Waals surface area (Å²) in [7, 11) is 3.32. The average molecular weight is 518 g/mol. The molecule has 1 aliphatic rings. The largest absolute Gasteiger partial charge is 0.352 e. The van der Waals surface area contributed by atoms with E-state index in [-0.39, 0.29) is 25.1 Å². The minimum absolute atomic E-state index is 0.0464. The fraction of sp³-hybridized carbons (Fsp3) is 0.269. The Kier molecular flexibility index (Phi) is 5.53. The highest BCUT2D eigenvalue weighted by Gasteiger charge is 2.44. The third-order valence-corrected chi connectivity index (χ3v) is 7.05. The van der Waals surface area contributed by atoms with E-state index in [1.165, 1.54) is 19.2 Å². The summed E-state index contributed by atoms with van der Waals surface area (Å²) in [5, 5.41) is 20.2. The van der Waals surface area contributed by atoms with Gasteiger partial charge in [0.15, 0.2) is 11.5 Å². The Balaban J connectivity index is 1.57. The molecule has 3 aromatic heterocycles. The minimum atomic E-state index is -2.84. The summed E-state index contributed by atoms with van der Waals surface area (Å²) < 4.78 is 47.0. The Morgan fingerprint density at radius 1 is 1.16 bits per heavy atom. The lowest BCUT2D eigenvalue weighted by atomic mass is 10.0. The Bertz CT molecular complexity index is 1730. The van der Waals surface area contributed by atoms with Gasteiger partial charge in [0.2, 0.25) is 0 Å². The topological polar surface area (TPSA) is 100.0 Å². The normalized spacial score (nSPS) is 17.3. The first-order valence-electron chi connectivity index (χ1n) is 12.0. The van der Waals surface area contributed by atoms with Crippen LogP contribution in [-0.2, 0) is 7.05 Å².